The van der Waals surface area contributed by atoms with E-state index in [0.29, 0.717) is 16.5 Å². The summed E-state index contributed by atoms with van der Waals surface area (Å²) in [5.41, 5.74) is 3.37. The van der Waals surface area contributed by atoms with Gasteiger partial charge >= 0.3 is 0 Å². The summed E-state index contributed by atoms with van der Waals surface area (Å²) in [5.74, 6) is 1.46. The number of nitrogens with one attached hydrogen (secondary N) is 1. The average molecular weight is 481 g/mol. The standard InChI is InChI=1S/C19H14ClIN2O3/c20-14-3-7-16(8-4-14)25-12-19(24)23-22-11-17-9-10-18(26-17)13-1-5-15(21)6-2-13/h1-11H,12H2,(H,23,24)/b22-11-. The SMILES string of the molecule is O=C(COc1ccc(Cl)cc1)N/N=C\c1ccc(-c2ccc(I)cc2)o1. The zero-order chi connectivity index (χ0) is 18.4. The lowest BCUT2D eigenvalue weighted by atomic mass is 10.2. The minimum atomic E-state index is -0.374. The maximum absolute atomic E-state index is 11.7. The van der Waals surface area contributed by atoms with E-state index >= 15 is 0 Å². The molecule has 0 spiro atoms. The summed E-state index contributed by atoms with van der Waals surface area (Å²) in [4.78, 5) is 11.7. The Morgan fingerprint density at radius 2 is 1.85 bits per heavy atom. The minimum Gasteiger partial charge on any atom is -0.484 e. The van der Waals surface area contributed by atoms with Crippen LogP contribution in [-0.4, -0.2) is 18.7 Å². The second kappa shape index (κ2) is 8.86. The van der Waals surface area contributed by atoms with Crippen LogP contribution in [0.2, 0.25) is 5.02 Å². The summed E-state index contributed by atoms with van der Waals surface area (Å²) in [5, 5.41) is 4.47. The molecule has 7 heteroatoms. The molecular weight excluding hydrogens is 467 g/mol. The summed E-state index contributed by atoms with van der Waals surface area (Å²) >= 11 is 8.03. The van der Waals surface area contributed by atoms with Crippen molar-refractivity contribution in [2.24, 2.45) is 5.10 Å². The first-order valence-corrected chi connectivity index (χ1v) is 9.12. The number of benzene rings is 2. The van der Waals surface area contributed by atoms with Crippen molar-refractivity contribution < 1.29 is 13.9 Å². The number of nitrogens with zero attached hydrogens (tertiary/aromatic N) is 1. The van der Waals surface area contributed by atoms with Crippen molar-refractivity contribution >= 4 is 46.3 Å². The minimum absolute atomic E-state index is 0.148. The number of hydrogen-bond donors (Lipinski definition) is 1. The van der Waals surface area contributed by atoms with E-state index in [1.165, 1.54) is 6.21 Å². The molecule has 0 aliphatic heterocycles. The molecule has 0 atom stereocenters. The number of rotatable bonds is 6. The Hall–Kier alpha value is -2.32. The lowest BCUT2D eigenvalue weighted by molar-refractivity contribution is -0.123. The van der Waals surface area contributed by atoms with E-state index in [0.717, 1.165) is 14.9 Å². The third-order valence-electron chi connectivity index (χ3n) is 3.32. The molecule has 0 bridgehead atoms. The second-order valence-corrected chi connectivity index (χ2v) is 6.93. The molecule has 1 amide bonds. The van der Waals surface area contributed by atoms with Crippen LogP contribution in [0.3, 0.4) is 0 Å². The van der Waals surface area contributed by atoms with E-state index in [2.05, 4.69) is 33.1 Å². The first-order valence-electron chi connectivity index (χ1n) is 7.66. The lowest BCUT2D eigenvalue weighted by Crippen LogP contribution is -2.24. The third kappa shape index (κ3) is 5.34. The average Bonchev–Trinajstić information content (AvgIpc) is 3.11. The molecule has 0 saturated carbocycles. The van der Waals surface area contributed by atoms with Crippen molar-refractivity contribution in [2.45, 2.75) is 0 Å². The highest BCUT2D eigenvalue weighted by Gasteiger charge is 2.04. The Morgan fingerprint density at radius 3 is 2.58 bits per heavy atom. The van der Waals surface area contributed by atoms with E-state index in [9.17, 15) is 4.79 Å². The molecular formula is C19H14ClIN2O3. The van der Waals surface area contributed by atoms with Gasteiger partial charge in [-0.3, -0.25) is 4.79 Å². The van der Waals surface area contributed by atoms with Crippen LogP contribution >= 0.6 is 34.2 Å². The van der Waals surface area contributed by atoms with E-state index in [1.54, 1.807) is 30.3 Å². The Labute approximate surface area is 169 Å². The number of hydrogen-bond acceptors (Lipinski definition) is 4. The fourth-order valence-corrected chi connectivity index (χ4v) is 2.56. The van der Waals surface area contributed by atoms with Crippen molar-refractivity contribution in [1.82, 2.24) is 5.43 Å². The summed E-state index contributed by atoms with van der Waals surface area (Å²) in [6, 6.07) is 18.4. The number of carbonyl (C=O) groups is 1. The zero-order valence-corrected chi connectivity index (χ0v) is 16.4. The molecule has 2 aromatic carbocycles. The maximum atomic E-state index is 11.7. The molecule has 0 radical (unpaired) electrons. The summed E-state index contributed by atoms with van der Waals surface area (Å²) in [7, 11) is 0. The smallest absolute Gasteiger partial charge is 0.277 e. The molecule has 1 N–H and O–H groups in total. The fraction of sp³-hybridized carbons (Fsp3) is 0.0526. The molecule has 5 nitrogen and oxygen atoms in total. The molecule has 26 heavy (non-hydrogen) atoms. The number of carbonyl (C=O) groups excluding carboxylic acids is 1. The van der Waals surface area contributed by atoms with Crippen LogP contribution in [-0.2, 0) is 4.79 Å². The van der Waals surface area contributed by atoms with Crippen LogP contribution in [0.1, 0.15) is 5.76 Å². The lowest BCUT2D eigenvalue weighted by Gasteiger charge is -2.04. The van der Waals surface area contributed by atoms with Crippen LogP contribution in [0.4, 0.5) is 0 Å². The third-order valence-corrected chi connectivity index (χ3v) is 4.29. The predicted octanol–water partition coefficient (Wildman–Crippen LogP) is 4.73. The largest absolute Gasteiger partial charge is 0.484 e. The fourth-order valence-electron chi connectivity index (χ4n) is 2.07. The van der Waals surface area contributed by atoms with Gasteiger partial charge in [0.2, 0.25) is 0 Å². The highest BCUT2D eigenvalue weighted by Crippen LogP contribution is 2.22. The summed E-state index contributed by atoms with van der Waals surface area (Å²) in [6.07, 6.45) is 1.44. The number of ether oxygens (including phenoxy) is 1. The van der Waals surface area contributed by atoms with Gasteiger partial charge in [-0.2, -0.15) is 5.10 Å². The normalized spacial score (nSPS) is 10.8. The van der Waals surface area contributed by atoms with Crippen molar-refractivity contribution in [1.29, 1.82) is 0 Å². The molecule has 3 rings (SSSR count). The Bertz CT molecular complexity index is 905. The predicted molar refractivity (Wildman–Crippen MR) is 110 cm³/mol. The van der Waals surface area contributed by atoms with E-state index in [4.69, 9.17) is 20.8 Å². The maximum Gasteiger partial charge on any atom is 0.277 e. The van der Waals surface area contributed by atoms with Crippen LogP contribution in [0.15, 0.2) is 70.2 Å². The van der Waals surface area contributed by atoms with Crippen LogP contribution < -0.4 is 10.2 Å². The number of hydrazone groups is 1. The molecule has 3 aromatic rings. The van der Waals surface area contributed by atoms with Crippen molar-refractivity contribution in [3.63, 3.8) is 0 Å². The molecule has 0 fully saturated rings. The highest BCUT2D eigenvalue weighted by molar-refractivity contribution is 14.1. The van der Waals surface area contributed by atoms with Gasteiger partial charge in [0.15, 0.2) is 6.61 Å². The van der Waals surface area contributed by atoms with Crippen molar-refractivity contribution in [3.8, 4) is 17.1 Å². The van der Waals surface area contributed by atoms with Crippen molar-refractivity contribution in [2.75, 3.05) is 6.61 Å². The van der Waals surface area contributed by atoms with Gasteiger partial charge in [0, 0.05) is 14.2 Å². The first kappa shape index (κ1) is 18.5. The van der Waals surface area contributed by atoms with Gasteiger partial charge in [-0.15, -0.1) is 0 Å². The van der Waals surface area contributed by atoms with Crippen LogP contribution in [0, 0.1) is 3.57 Å². The van der Waals surface area contributed by atoms with Gasteiger partial charge in [-0.05, 0) is 71.1 Å². The quantitative estimate of drug-likeness (QED) is 0.315. The molecule has 0 aliphatic rings. The first-order chi connectivity index (χ1) is 12.6. The molecule has 0 unspecified atom stereocenters. The monoisotopic (exact) mass is 480 g/mol. The Morgan fingerprint density at radius 1 is 1.12 bits per heavy atom. The van der Waals surface area contributed by atoms with Gasteiger partial charge in [-0.1, -0.05) is 23.7 Å². The summed E-state index contributed by atoms with van der Waals surface area (Å²) in [6.45, 7) is -0.148. The number of furan rings is 1. The topological polar surface area (TPSA) is 63.8 Å². The van der Waals surface area contributed by atoms with Gasteiger partial charge in [-0.25, -0.2) is 5.43 Å². The van der Waals surface area contributed by atoms with Crippen molar-refractivity contribution in [3.05, 3.63) is 75.0 Å². The number of halogens is 2. The second-order valence-electron chi connectivity index (χ2n) is 5.24. The highest BCUT2D eigenvalue weighted by atomic mass is 127. The molecule has 1 heterocycles. The van der Waals surface area contributed by atoms with Crippen LogP contribution in [0.25, 0.3) is 11.3 Å². The van der Waals surface area contributed by atoms with E-state index in [1.807, 2.05) is 30.3 Å². The number of amides is 1. The molecule has 1 aromatic heterocycles. The zero-order valence-electron chi connectivity index (χ0n) is 13.5. The van der Waals surface area contributed by atoms with Crippen LogP contribution in [0.5, 0.6) is 5.75 Å². The van der Waals surface area contributed by atoms with Gasteiger partial charge in [0.25, 0.3) is 5.91 Å². The van der Waals surface area contributed by atoms with Gasteiger partial charge < -0.3 is 9.15 Å². The Kier molecular flexibility index (Phi) is 6.30. The summed E-state index contributed by atoms with van der Waals surface area (Å²) < 4.78 is 12.2. The molecule has 0 aliphatic carbocycles. The van der Waals surface area contributed by atoms with E-state index < -0.39 is 0 Å². The van der Waals surface area contributed by atoms with Gasteiger partial charge in [0.1, 0.15) is 17.3 Å². The van der Waals surface area contributed by atoms with Gasteiger partial charge in [0.05, 0.1) is 6.21 Å². The molecule has 0 saturated heterocycles. The molecule has 132 valence electrons. The van der Waals surface area contributed by atoms with E-state index in [-0.39, 0.29) is 12.5 Å². The Balaban J connectivity index is 1.49.